The number of aliphatic hydroxyl groups is 1. The molecule has 2 nitrogen and oxygen atoms in total. The zero-order valence-corrected chi connectivity index (χ0v) is 9.01. The van der Waals surface area contributed by atoms with Gasteiger partial charge in [0.15, 0.2) is 0 Å². The van der Waals surface area contributed by atoms with Crippen molar-refractivity contribution in [3.8, 4) is 0 Å². The summed E-state index contributed by atoms with van der Waals surface area (Å²) in [6.45, 7) is 0. The van der Waals surface area contributed by atoms with E-state index in [2.05, 4.69) is 29.2 Å². The third-order valence-corrected chi connectivity index (χ3v) is 3.41. The van der Waals surface area contributed by atoms with E-state index in [0.29, 0.717) is 11.8 Å². The van der Waals surface area contributed by atoms with Crippen molar-refractivity contribution in [1.82, 2.24) is 4.98 Å². The molecule has 0 radical (unpaired) electrons. The smallest absolute Gasteiger partial charge is 0.0971 e. The van der Waals surface area contributed by atoms with E-state index in [0.717, 1.165) is 12.1 Å². The number of H-pyrrole nitrogens is 1. The number of hydrogen-bond donors (Lipinski definition) is 2. The molecule has 0 bridgehead atoms. The van der Waals surface area contributed by atoms with Gasteiger partial charge in [0.05, 0.1) is 6.10 Å². The topological polar surface area (TPSA) is 36.0 Å². The predicted molar refractivity (Wildman–Crippen MR) is 63.0 cm³/mol. The van der Waals surface area contributed by atoms with Crippen LogP contribution in [0.1, 0.15) is 29.7 Å². The molecule has 0 aliphatic heterocycles. The molecule has 2 aromatic rings. The highest BCUT2D eigenvalue weighted by atomic mass is 16.3. The number of nitrogens with one attached hydrogen (secondary N) is 1. The minimum absolute atomic E-state index is 0.347. The van der Waals surface area contributed by atoms with Gasteiger partial charge < -0.3 is 10.1 Å². The quantitative estimate of drug-likeness (QED) is 0.808. The van der Waals surface area contributed by atoms with Gasteiger partial charge in [0, 0.05) is 11.9 Å². The van der Waals surface area contributed by atoms with Gasteiger partial charge >= 0.3 is 0 Å². The lowest BCUT2D eigenvalue weighted by Crippen LogP contribution is -2.01. The van der Waals surface area contributed by atoms with Crippen LogP contribution in [0.25, 0.3) is 0 Å². The van der Waals surface area contributed by atoms with Gasteiger partial charge in [-0.1, -0.05) is 30.3 Å². The van der Waals surface area contributed by atoms with Crippen molar-refractivity contribution >= 4 is 0 Å². The second-order valence-electron chi connectivity index (χ2n) is 4.49. The van der Waals surface area contributed by atoms with E-state index in [1.807, 2.05) is 24.4 Å². The van der Waals surface area contributed by atoms with Crippen LogP contribution >= 0.6 is 0 Å². The summed E-state index contributed by atoms with van der Waals surface area (Å²) in [5.41, 5.74) is 2.28. The van der Waals surface area contributed by atoms with Crippen molar-refractivity contribution in [2.24, 2.45) is 5.92 Å². The molecule has 1 heterocycles. The number of aromatic amines is 1. The van der Waals surface area contributed by atoms with Gasteiger partial charge in [-0.3, -0.25) is 0 Å². The Balaban J connectivity index is 1.73. The fourth-order valence-corrected chi connectivity index (χ4v) is 2.41. The van der Waals surface area contributed by atoms with Crippen LogP contribution in [0.4, 0.5) is 0 Å². The maximum absolute atomic E-state index is 10.1. The lowest BCUT2D eigenvalue weighted by atomic mass is 10.1. The van der Waals surface area contributed by atoms with E-state index in [4.69, 9.17) is 0 Å². The zero-order chi connectivity index (χ0) is 11.0. The third-order valence-electron chi connectivity index (χ3n) is 3.41. The zero-order valence-electron chi connectivity index (χ0n) is 9.01. The summed E-state index contributed by atoms with van der Waals surface area (Å²) in [4.78, 5) is 3.08. The molecule has 1 aliphatic carbocycles. The first-order valence-corrected chi connectivity index (χ1v) is 5.72. The third kappa shape index (κ3) is 1.65. The average molecular weight is 213 g/mol. The molecule has 1 saturated carbocycles. The number of hydrogen-bond acceptors (Lipinski definition) is 1. The van der Waals surface area contributed by atoms with Crippen molar-refractivity contribution < 1.29 is 5.11 Å². The van der Waals surface area contributed by atoms with Crippen LogP contribution in [0.2, 0.25) is 0 Å². The molecular formula is C14H15NO. The molecule has 1 fully saturated rings. The van der Waals surface area contributed by atoms with E-state index >= 15 is 0 Å². The van der Waals surface area contributed by atoms with Crippen LogP contribution in [-0.4, -0.2) is 10.1 Å². The van der Waals surface area contributed by atoms with Gasteiger partial charge in [0.25, 0.3) is 0 Å². The van der Waals surface area contributed by atoms with Gasteiger partial charge in [0.1, 0.15) is 0 Å². The van der Waals surface area contributed by atoms with Crippen LogP contribution in [0.5, 0.6) is 0 Å². The van der Waals surface area contributed by atoms with Crippen LogP contribution in [-0.2, 0) is 0 Å². The summed E-state index contributed by atoms with van der Waals surface area (Å²) in [6, 6.07) is 14.3. The lowest BCUT2D eigenvalue weighted by molar-refractivity contribution is 0.147. The molecule has 0 saturated heterocycles. The van der Waals surface area contributed by atoms with Gasteiger partial charge in [-0.15, -0.1) is 0 Å². The Kier molecular flexibility index (Phi) is 2.29. The first-order chi connectivity index (χ1) is 7.86. The largest absolute Gasteiger partial charge is 0.387 e. The Morgan fingerprint density at radius 1 is 1.12 bits per heavy atom. The monoisotopic (exact) mass is 213 g/mol. The normalized spacial score (nSPS) is 25.3. The molecule has 0 amide bonds. The first-order valence-electron chi connectivity index (χ1n) is 5.72. The maximum Gasteiger partial charge on any atom is 0.0971 e. The summed E-state index contributed by atoms with van der Waals surface area (Å²) in [6.07, 6.45) is 2.60. The fraction of sp³-hybridized carbons (Fsp3) is 0.286. The highest BCUT2D eigenvalue weighted by Crippen LogP contribution is 2.53. The van der Waals surface area contributed by atoms with E-state index in [-0.39, 0.29) is 6.10 Å². The van der Waals surface area contributed by atoms with Gasteiger partial charge in [0.2, 0.25) is 0 Å². The second kappa shape index (κ2) is 3.80. The molecule has 1 aromatic carbocycles. The molecule has 82 valence electrons. The molecule has 2 heteroatoms. The number of rotatable bonds is 3. The van der Waals surface area contributed by atoms with E-state index < -0.39 is 0 Å². The number of aliphatic hydroxyl groups excluding tert-OH is 1. The molecule has 3 rings (SSSR count). The molecule has 3 atom stereocenters. The number of benzene rings is 1. The predicted octanol–water partition coefficient (Wildman–Crippen LogP) is 2.85. The van der Waals surface area contributed by atoms with E-state index in [1.165, 1.54) is 5.56 Å². The highest BCUT2D eigenvalue weighted by Gasteiger charge is 2.43. The highest BCUT2D eigenvalue weighted by molar-refractivity contribution is 5.27. The van der Waals surface area contributed by atoms with Crippen molar-refractivity contribution in [3.05, 3.63) is 59.9 Å². The SMILES string of the molecule is OC(c1ccc[nH]1)C1CC1c1ccccc1. The van der Waals surface area contributed by atoms with E-state index in [9.17, 15) is 5.11 Å². The first kappa shape index (κ1) is 9.67. The second-order valence-corrected chi connectivity index (χ2v) is 4.49. The average Bonchev–Trinajstić information content (AvgIpc) is 2.95. The van der Waals surface area contributed by atoms with Crippen molar-refractivity contribution in [2.45, 2.75) is 18.4 Å². The van der Waals surface area contributed by atoms with Crippen molar-refractivity contribution in [1.29, 1.82) is 0 Å². The standard InChI is InChI=1S/C14H15NO/c16-14(13-7-4-8-15-13)12-9-11(12)10-5-2-1-3-6-10/h1-8,11-12,14-16H,9H2. The van der Waals surface area contributed by atoms with Crippen molar-refractivity contribution in [2.75, 3.05) is 0 Å². The minimum Gasteiger partial charge on any atom is -0.387 e. The Morgan fingerprint density at radius 3 is 2.62 bits per heavy atom. The number of aromatic nitrogens is 1. The van der Waals surface area contributed by atoms with Crippen molar-refractivity contribution in [3.63, 3.8) is 0 Å². The van der Waals surface area contributed by atoms with Gasteiger partial charge in [-0.25, -0.2) is 0 Å². The molecule has 1 aliphatic rings. The van der Waals surface area contributed by atoms with Gasteiger partial charge in [-0.2, -0.15) is 0 Å². The van der Waals surface area contributed by atoms with E-state index in [1.54, 1.807) is 0 Å². The Hall–Kier alpha value is -1.54. The van der Waals surface area contributed by atoms with Gasteiger partial charge in [-0.05, 0) is 36.0 Å². The maximum atomic E-state index is 10.1. The Morgan fingerprint density at radius 2 is 1.94 bits per heavy atom. The van der Waals surface area contributed by atoms with Crippen LogP contribution < -0.4 is 0 Å². The molecule has 2 N–H and O–H groups in total. The minimum atomic E-state index is -0.347. The fourth-order valence-electron chi connectivity index (χ4n) is 2.41. The molecule has 16 heavy (non-hydrogen) atoms. The molecule has 3 unspecified atom stereocenters. The van der Waals surface area contributed by atoms with Crippen LogP contribution in [0.15, 0.2) is 48.7 Å². The molecule has 0 spiro atoms. The molecule has 1 aromatic heterocycles. The summed E-state index contributed by atoms with van der Waals surface area (Å²) in [5.74, 6) is 0.903. The van der Waals surface area contributed by atoms with Crippen LogP contribution in [0, 0.1) is 5.92 Å². The lowest BCUT2D eigenvalue weighted by Gasteiger charge is -2.08. The Bertz CT molecular complexity index is 449. The summed E-state index contributed by atoms with van der Waals surface area (Å²) in [5, 5.41) is 10.1. The summed E-state index contributed by atoms with van der Waals surface area (Å²) < 4.78 is 0. The van der Waals surface area contributed by atoms with Crippen LogP contribution in [0.3, 0.4) is 0 Å². The Labute approximate surface area is 94.9 Å². The summed E-state index contributed by atoms with van der Waals surface area (Å²) >= 11 is 0. The molecular weight excluding hydrogens is 198 g/mol. The summed E-state index contributed by atoms with van der Waals surface area (Å²) in [7, 11) is 0.